The van der Waals surface area contributed by atoms with Crippen molar-refractivity contribution in [3.63, 3.8) is 0 Å². The van der Waals surface area contributed by atoms with E-state index in [-0.39, 0.29) is 12.1 Å². The molecule has 134 valence electrons. The van der Waals surface area contributed by atoms with Crippen LogP contribution in [0, 0.1) is 6.92 Å². The topological polar surface area (TPSA) is 76.9 Å². The van der Waals surface area contributed by atoms with E-state index < -0.39 is 0 Å². The molecule has 0 saturated carbocycles. The summed E-state index contributed by atoms with van der Waals surface area (Å²) in [7, 11) is 0. The first-order chi connectivity index (χ1) is 11.8. The van der Waals surface area contributed by atoms with Crippen molar-refractivity contribution >= 4 is 37.7 Å². The molecule has 0 aliphatic carbocycles. The second-order valence-electron chi connectivity index (χ2n) is 6.99. The van der Waals surface area contributed by atoms with Gasteiger partial charge in [-0.3, -0.25) is 0 Å². The molecule has 2 aromatic rings. The first kappa shape index (κ1) is 18.8. The quantitative estimate of drug-likeness (QED) is 0.722. The fourth-order valence-corrected chi connectivity index (χ4v) is 3.92. The lowest BCUT2D eigenvalue weighted by molar-refractivity contribution is -0.475. The molecular formula is C18H23Br2N4O+. The van der Waals surface area contributed by atoms with Gasteiger partial charge >= 0.3 is 0 Å². The molecule has 0 bridgehead atoms. The summed E-state index contributed by atoms with van der Waals surface area (Å²) in [4.78, 5) is 11.8. The molecule has 1 aliphatic rings. The molecule has 1 fully saturated rings. The lowest BCUT2D eigenvalue weighted by Gasteiger charge is -2.35. The van der Waals surface area contributed by atoms with Crippen LogP contribution < -0.4 is 10.6 Å². The number of aryl methyl sites for hydroxylation is 1. The van der Waals surface area contributed by atoms with E-state index in [2.05, 4.69) is 49.4 Å². The van der Waals surface area contributed by atoms with Gasteiger partial charge in [-0.1, -0.05) is 12.1 Å². The largest absolute Gasteiger partial charge is 0.390 e. The number of halogens is 2. The van der Waals surface area contributed by atoms with Gasteiger partial charge in [-0.05, 0) is 51.8 Å². The van der Waals surface area contributed by atoms with E-state index >= 15 is 0 Å². The van der Waals surface area contributed by atoms with Crippen molar-refractivity contribution in [3.05, 3.63) is 38.5 Å². The van der Waals surface area contributed by atoms with Crippen LogP contribution in [-0.4, -0.2) is 33.7 Å². The number of piperidine rings is 1. The van der Waals surface area contributed by atoms with E-state index in [1.165, 1.54) is 0 Å². The predicted molar refractivity (Wildman–Crippen MR) is 106 cm³/mol. The Kier molecular flexibility index (Phi) is 5.48. The number of anilines is 1. The van der Waals surface area contributed by atoms with Gasteiger partial charge in [0, 0.05) is 40.4 Å². The van der Waals surface area contributed by atoms with E-state index in [9.17, 15) is 5.11 Å². The van der Waals surface area contributed by atoms with Gasteiger partial charge in [0.1, 0.15) is 5.69 Å². The average Bonchev–Trinajstić information content (AvgIpc) is 2.57. The molecule has 0 amide bonds. The van der Waals surface area contributed by atoms with Crippen molar-refractivity contribution in [2.45, 2.75) is 38.8 Å². The van der Waals surface area contributed by atoms with Crippen LogP contribution in [0.2, 0.25) is 0 Å². The maximum absolute atomic E-state index is 9.88. The lowest BCUT2D eigenvalue weighted by Crippen LogP contribution is -2.73. The van der Waals surface area contributed by atoms with Crippen molar-refractivity contribution in [1.82, 2.24) is 9.97 Å². The van der Waals surface area contributed by atoms with E-state index in [4.69, 9.17) is 9.97 Å². The van der Waals surface area contributed by atoms with E-state index in [1.807, 2.05) is 25.1 Å². The molecule has 1 saturated heterocycles. The van der Waals surface area contributed by atoms with Gasteiger partial charge in [0.15, 0.2) is 5.82 Å². The van der Waals surface area contributed by atoms with Crippen LogP contribution >= 0.6 is 31.9 Å². The Labute approximate surface area is 164 Å². The van der Waals surface area contributed by atoms with Crippen molar-refractivity contribution in [2.75, 3.05) is 18.0 Å². The molecular weight excluding hydrogens is 448 g/mol. The highest BCUT2D eigenvalue weighted by Gasteiger charge is 2.31. The first-order valence-electron chi connectivity index (χ1n) is 8.35. The van der Waals surface area contributed by atoms with Crippen LogP contribution in [0.3, 0.4) is 0 Å². The number of quaternary nitrogens is 1. The number of aliphatic hydroxyl groups is 1. The molecule has 5 nitrogen and oxygen atoms in total. The summed E-state index contributed by atoms with van der Waals surface area (Å²) in [6, 6.07) is 5.94. The maximum Gasteiger partial charge on any atom is 0.153 e. The highest BCUT2D eigenvalue weighted by molar-refractivity contribution is 9.13. The van der Waals surface area contributed by atoms with Crippen LogP contribution in [0.4, 0.5) is 5.82 Å². The molecule has 0 atom stereocenters. The standard InChI is InChI=1S/C18H22Br2N4O/c1-11-16(12-4-3-5-13(19)15(12)20)23-14(10-25)17(22-11)24-8-6-18(2,21)7-9-24/h3-5,25H,6-10,21H2,1-2H3/p+1. The highest BCUT2D eigenvalue weighted by atomic mass is 79.9. The van der Waals surface area contributed by atoms with Crippen LogP contribution in [-0.2, 0) is 6.61 Å². The van der Waals surface area contributed by atoms with Crippen LogP contribution in [0.5, 0.6) is 0 Å². The number of aliphatic hydroxyl groups excluding tert-OH is 1. The third kappa shape index (κ3) is 3.89. The highest BCUT2D eigenvalue weighted by Crippen LogP contribution is 2.35. The summed E-state index contributed by atoms with van der Waals surface area (Å²) < 4.78 is 1.90. The van der Waals surface area contributed by atoms with Crippen LogP contribution in [0.25, 0.3) is 11.3 Å². The summed E-state index contributed by atoms with van der Waals surface area (Å²) in [5, 5.41) is 9.88. The van der Waals surface area contributed by atoms with E-state index in [0.717, 1.165) is 57.6 Å². The Hall–Kier alpha value is -1.02. The number of rotatable bonds is 3. The zero-order valence-electron chi connectivity index (χ0n) is 14.5. The monoisotopic (exact) mass is 469 g/mol. The molecule has 7 heteroatoms. The number of hydrogen-bond donors (Lipinski definition) is 2. The number of nitrogens with zero attached hydrogens (tertiary/aromatic N) is 3. The van der Waals surface area contributed by atoms with Gasteiger partial charge < -0.3 is 15.7 Å². The van der Waals surface area contributed by atoms with E-state index in [1.54, 1.807) is 0 Å². The fourth-order valence-electron chi connectivity index (χ4n) is 3.10. The van der Waals surface area contributed by atoms with Crippen molar-refractivity contribution in [2.24, 2.45) is 0 Å². The normalized spacial score (nSPS) is 17.0. The third-order valence-corrected chi connectivity index (χ3v) is 6.79. The predicted octanol–water partition coefficient (Wildman–Crippen LogP) is 3.07. The smallest absolute Gasteiger partial charge is 0.153 e. The van der Waals surface area contributed by atoms with E-state index in [0.29, 0.717) is 5.69 Å². The summed E-state index contributed by atoms with van der Waals surface area (Å²) in [6.45, 7) is 5.82. The number of aromatic nitrogens is 2. The minimum atomic E-state index is -0.126. The number of benzene rings is 1. The molecule has 1 aliphatic heterocycles. The Balaban J connectivity index is 2.01. The third-order valence-electron chi connectivity index (χ3n) is 4.75. The summed E-state index contributed by atoms with van der Waals surface area (Å²) >= 11 is 7.14. The zero-order chi connectivity index (χ0) is 18.2. The second kappa shape index (κ2) is 7.31. The molecule has 0 radical (unpaired) electrons. The van der Waals surface area contributed by atoms with Gasteiger partial charge in [-0.25, -0.2) is 9.97 Å². The van der Waals surface area contributed by atoms with Crippen molar-refractivity contribution in [1.29, 1.82) is 0 Å². The second-order valence-corrected chi connectivity index (χ2v) is 8.63. The molecule has 25 heavy (non-hydrogen) atoms. The summed E-state index contributed by atoms with van der Waals surface area (Å²) in [6.07, 6.45) is 2.02. The fraction of sp³-hybridized carbons (Fsp3) is 0.444. The molecule has 0 spiro atoms. The molecule has 4 N–H and O–H groups in total. The van der Waals surface area contributed by atoms with Gasteiger partial charge in [0.2, 0.25) is 0 Å². The van der Waals surface area contributed by atoms with Crippen LogP contribution in [0.1, 0.15) is 31.2 Å². The van der Waals surface area contributed by atoms with Gasteiger partial charge in [-0.15, -0.1) is 0 Å². The zero-order valence-corrected chi connectivity index (χ0v) is 17.7. The van der Waals surface area contributed by atoms with Crippen LogP contribution in [0.15, 0.2) is 27.1 Å². The molecule has 3 rings (SSSR count). The number of hydrogen-bond acceptors (Lipinski definition) is 4. The van der Waals surface area contributed by atoms with Crippen molar-refractivity contribution < 1.29 is 10.8 Å². The Morgan fingerprint density at radius 2 is 1.92 bits per heavy atom. The van der Waals surface area contributed by atoms with Crippen molar-refractivity contribution in [3.8, 4) is 11.3 Å². The molecule has 0 unspecified atom stereocenters. The Bertz CT molecular complexity index is 785. The molecule has 1 aromatic heterocycles. The SMILES string of the molecule is Cc1nc(N2CCC(C)([NH3+])CC2)c(CO)nc1-c1cccc(Br)c1Br. The first-order valence-corrected chi connectivity index (χ1v) is 9.94. The lowest BCUT2D eigenvalue weighted by atomic mass is 9.91. The minimum absolute atomic E-state index is 0.124. The minimum Gasteiger partial charge on any atom is -0.390 e. The average molecular weight is 471 g/mol. The summed E-state index contributed by atoms with van der Waals surface area (Å²) in [5.74, 6) is 0.797. The molecule has 1 aromatic carbocycles. The summed E-state index contributed by atoms with van der Waals surface area (Å²) in [5.41, 5.74) is 7.63. The Morgan fingerprint density at radius 1 is 1.24 bits per heavy atom. The molecule has 2 heterocycles. The maximum atomic E-state index is 9.88. The van der Waals surface area contributed by atoms with Gasteiger partial charge in [-0.2, -0.15) is 0 Å². The van der Waals surface area contributed by atoms with Gasteiger partial charge in [0.25, 0.3) is 0 Å². The van der Waals surface area contributed by atoms with Gasteiger partial charge in [0.05, 0.1) is 23.5 Å². The Morgan fingerprint density at radius 3 is 2.56 bits per heavy atom.